The number of amides is 1. The number of esters is 1. The summed E-state index contributed by atoms with van der Waals surface area (Å²) in [5.41, 5.74) is 0.421. The predicted molar refractivity (Wildman–Crippen MR) is 98.7 cm³/mol. The van der Waals surface area contributed by atoms with E-state index in [9.17, 15) is 18.0 Å². The lowest BCUT2D eigenvalue weighted by molar-refractivity contribution is -0.150. The first-order chi connectivity index (χ1) is 12.8. The molecule has 8 nitrogen and oxygen atoms in total. The number of nitrogens with zero attached hydrogens (tertiary/aromatic N) is 1. The van der Waals surface area contributed by atoms with E-state index in [0.29, 0.717) is 12.0 Å². The smallest absolute Gasteiger partial charge is 0.331 e. The molecule has 1 heterocycles. The second-order valence-corrected chi connectivity index (χ2v) is 8.51. The molecular weight excluding hydrogens is 370 g/mol. The minimum atomic E-state index is -3.69. The number of ether oxygens (including phenoxy) is 1. The van der Waals surface area contributed by atoms with Crippen LogP contribution in [0, 0.1) is 5.92 Å². The molecule has 2 atom stereocenters. The summed E-state index contributed by atoms with van der Waals surface area (Å²) in [6, 6.07) is 5.72. The number of aliphatic imine (C=N–C) groups is 1. The summed E-state index contributed by atoms with van der Waals surface area (Å²) in [4.78, 5) is 28.7. The average Bonchev–Trinajstić information content (AvgIpc) is 3.41. The van der Waals surface area contributed by atoms with Crippen LogP contribution < -0.4 is 10.0 Å². The number of amidine groups is 1. The second-order valence-electron chi connectivity index (χ2n) is 6.86. The van der Waals surface area contributed by atoms with Gasteiger partial charge >= 0.3 is 5.97 Å². The van der Waals surface area contributed by atoms with Crippen LogP contribution in [-0.4, -0.2) is 44.8 Å². The van der Waals surface area contributed by atoms with Gasteiger partial charge in [-0.05, 0) is 30.9 Å². The van der Waals surface area contributed by atoms with E-state index in [-0.39, 0.29) is 35.2 Å². The zero-order chi connectivity index (χ0) is 19.6. The van der Waals surface area contributed by atoms with Crippen LogP contribution in [0.4, 0.5) is 0 Å². The highest BCUT2D eigenvalue weighted by molar-refractivity contribution is 7.90. The minimum Gasteiger partial charge on any atom is -0.454 e. The lowest BCUT2D eigenvalue weighted by Gasteiger charge is -2.18. The zero-order valence-corrected chi connectivity index (χ0v) is 16.1. The molecule has 2 aliphatic rings. The van der Waals surface area contributed by atoms with E-state index >= 15 is 0 Å². The summed E-state index contributed by atoms with van der Waals surface area (Å²) < 4.78 is 32.0. The Morgan fingerprint density at radius 1 is 1.33 bits per heavy atom. The van der Waals surface area contributed by atoms with E-state index in [1.165, 1.54) is 6.07 Å². The van der Waals surface area contributed by atoms with Gasteiger partial charge in [0.15, 0.2) is 12.6 Å². The Balaban J connectivity index is 1.78. The highest BCUT2D eigenvalue weighted by Gasteiger charge is 2.34. The van der Waals surface area contributed by atoms with Crippen LogP contribution in [0.1, 0.15) is 38.7 Å². The lowest BCUT2D eigenvalue weighted by Crippen LogP contribution is -2.36. The first kappa shape index (κ1) is 19.3. The van der Waals surface area contributed by atoms with Crippen LogP contribution in [0.3, 0.4) is 0 Å². The highest BCUT2D eigenvalue weighted by Crippen LogP contribution is 2.24. The number of hydrogen-bond donors (Lipinski definition) is 2. The predicted octanol–water partition coefficient (Wildman–Crippen LogP) is 0.962. The topological polar surface area (TPSA) is 114 Å². The van der Waals surface area contributed by atoms with Crippen molar-refractivity contribution in [2.75, 3.05) is 6.61 Å². The van der Waals surface area contributed by atoms with Crippen LogP contribution in [-0.2, 0) is 24.3 Å². The summed E-state index contributed by atoms with van der Waals surface area (Å²) in [6.45, 7) is 3.36. The molecule has 0 aromatic heterocycles. The number of carbonyl (C=O) groups excluding carboxylic acids is 2. The molecule has 1 aliphatic carbocycles. The molecule has 1 aromatic carbocycles. The van der Waals surface area contributed by atoms with Crippen molar-refractivity contribution in [2.45, 2.75) is 50.1 Å². The molecule has 2 N–H and O–H groups in total. The molecule has 9 heteroatoms. The summed E-state index contributed by atoms with van der Waals surface area (Å²) >= 11 is 0. The van der Waals surface area contributed by atoms with E-state index < -0.39 is 22.0 Å². The zero-order valence-electron chi connectivity index (χ0n) is 15.3. The molecule has 1 amide bonds. The van der Waals surface area contributed by atoms with Gasteiger partial charge < -0.3 is 10.1 Å². The van der Waals surface area contributed by atoms with Gasteiger partial charge in [-0.1, -0.05) is 32.4 Å². The molecule has 3 rings (SSSR count). The normalized spacial score (nSPS) is 21.0. The maximum absolute atomic E-state index is 12.5. The number of rotatable bonds is 7. The van der Waals surface area contributed by atoms with E-state index in [1.54, 1.807) is 18.2 Å². The summed E-state index contributed by atoms with van der Waals surface area (Å²) in [5.74, 6) is -1.05. The monoisotopic (exact) mass is 393 g/mol. The van der Waals surface area contributed by atoms with Gasteiger partial charge in [-0.15, -0.1) is 0 Å². The maximum atomic E-state index is 12.5. The molecule has 0 radical (unpaired) electrons. The Hall–Kier alpha value is -2.42. The van der Waals surface area contributed by atoms with Crippen molar-refractivity contribution < 1.29 is 22.7 Å². The molecule has 1 aromatic rings. The van der Waals surface area contributed by atoms with Crippen LogP contribution in [0.15, 0.2) is 34.2 Å². The summed E-state index contributed by atoms with van der Waals surface area (Å²) in [5, 5.41) is 2.74. The van der Waals surface area contributed by atoms with Gasteiger partial charge in [0.2, 0.25) is 0 Å². The van der Waals surface area contributed by atoms with Crippen molar-refractivity contribution in [3.8, 4) is 0 Å². The molecule has 0 bridgehead atoms. The quantitative estimate of drug-likeness (QED) is 0.670. The van der Waals surface area contributed by atoms with Gasteiger partial charge in [0.25, 0.3) is 15.9 Å². The SMILES string of the molecule is CC[C@H](C)[C@H](N=C1NS(=O)(=O)c2ccccc21)C(=O)OCC(=O)NC1CC1. The lowest BCUT2D eigenvalue weighted by atomic mass is 9.99. The van der Waals surface area contributed by atoms with Crippen molar-refractivity contribution in [1.82, 2.24) is 10.0 Å². The molecular formula is C18H23N3O5S. The van der Waals surface area contributed by atoms with Crippen LogP contribution in [0.25, 0.3) is 0 Å². The first-order valence-corrected chi connectivity index (χ1v) is 10.5. The average molecular weight is 393 g/mol. The molecule has 1 aliphatic heterocycles. The Labute approximate surface area is 158 Å². The van der Waals surface area contributed by atoms with E-state index in [2.05, 4.69) is 15.0 Å². The van der Waals surface area contributed by atoms with Crippen LogP contribution >= 0.6 is 0 Å². The Kier molecular flexibility index (Phi) is 5.50. The molecule has 1 saturated carbocycles. The van der Waals surface area contributed by atoms with Crippen molar-refractivity contribution >= 4 is 27.7 Å². The van der Waals surface area contributed by atoms with E-state index in [1.807, 2.05) is 13.8 Å². The summed E-state index contributed by atoms with van der Waals surface area (Å²) in [6.07, 6.45) is 2.53. The number of carbonyl (C=O) groups is 2. The number of benzene rings is 1. The molecule has 27 heavy (non-hydrogen) atoms. The Morgan fingerprint density at radius 3 is 2.70 bits per heavy atom. The van der Waals surface area contributed by atoms with Gasteiger partial charge in [0.05, 0.1) is 4.90 Å². The fourth-order valence-corrected chi connectivity index (χ4v) is 3.96. The van der Waals surface area contributed by atoms with Gasteiger partial charge in [-0.3, -0.25) is 14.5 Å². The van der Waals surface area contributed by atoms with Gasteiger partial charge in [-0.2, -0.15) is 0 Å². The third-order valence-corrected chi connectivity index (χ3v) is 6.04. The van der Waals surface area contributed by atoms with Gasteiger partial charge in [0.1, 0.15) is 5.84 Å². The third kappa shape index (κ3) is 4.47. The second kappa shape index (κ2) is 7.67. The summed E-state index contributed by atoms with van der Waals surface area (Å²) in [7, 11) is -3.69. The van der Waals surface area contributed by atoms with Crippen molar-refractivity contribution in [2.24, 2.45) is 10.9 Å². The van der Waals surface area contributed by atoms with Crippen molar-refractivity contribution in [3.63, 3.8) is 0 Å². The molecule has 0 saturated heterocycles. The number of fused-ring (bicyclic) bond motifs is 1. The van der Waals surface area contributed by atoms with Gasteiger partial charge in [-0.25, -0.2) is 13.2 Å². The van der Waals surface area contributed by atoms with Crippen LogP contribution in [0.5, 0.6) is 0 Å². The molecule has 1 fully saturated rings. The molecule has 146 valence electrons. The number of hydrogen-bond acceptors (Lipinski definition) is 6. The Bertz CT molecular complexity index is 877. The number of nitrogens with one attached hydrogen (secondary N) is 2. The molecule has 0 unspecified atom stereocenters. The number of sulfonamides is 1. The molecule has 0 spiro atoms. The van der Waals surface area contributed by atoms with Crippen molar-refractivity contribution in [1.29, 1.82) is 0 Å². The van der Waals surface area contributed by atoms with Crippen molar-refractivity contribution in [3.05, 3.63) is 29.8 Å². The standard InChI is InChI=1S/C18H23N3O5S/c1-3-11(2)16(18(23)26-10-15(22)19-12-8-9-12)20-17-13-6-4-5-7-14(13)27(24,25)21-17/h4-7,11-12,16H,3,8-10H2,1-2H3,(H,19,22)(H,20,21)/t11-,16-/m0/s1. The highest BCUT2D eigenvalue weighted by atomic mass is 32.2. The third-order valence-electron chi connectivity index (χ3n) is 4.64. The van der Waals surface area contributed by atoms with E-state index in [0.717, 1.165) is 12.8 Å². The van der Waals surface area contributed by atoms with Crippen LogP contribution in [0.2, 0.25) is 0 Å². The largest absolute Gasteiger partial charge is 0.454 e. The fourth-order valence-electron chi connectivity index (χ4n) is 2.72. The van der Waals surface area contributed by atoms with E-state index in [4.69, 9.17) is 4.74 Å². The first-order valence-electron chi connectivity index (χ1n) is 8.98. The Morgan fingerprint density at radius 2 is 2.04 bits per heavy atom. The minimum absolute atomic E-state index is 0.121. The fraction of sp³-hybridized carbons (Fsp3) is 0.500. The van der Waals surface area contributed by atoms with Gasteiger partial charge in [0, 0.05) is 11.6 Å². The maximum Gasteiger partial charge on any atom is 0.331 e.